The predicted molar refractivity (Wildman–Crippen MR) is 168 cm³/mol. The zero-order valence-corrected chi connectivity index (χ0v) is 26.7. The SMILES string of the molecule is Fc1ccc(C2(Cc3ncc(-c4nnc(C(F)F)o4)cn3)CC2)cc1.O=C(CNC(=O)C(F)F)c1cnc(CC2(c3ccc(F)cc3)CC2)nc1. The van der Waals surface area contributed by atoms with Crippen molar-refractivity contribution >= 4 is 11.7 Å². The predicted octanol–water partition coefficient (Wildman–Crippen LogP) is 6.33. The second-order valence-electron chi connectivity index (χ2n) is 12.4. The Bertz CT molecular complexity index is 1970. The van der Waals surface area contributed by atoms with Crippen LogP contribution in [0.3, 0.4) is 0 Å². The van der Waals surface area contributed by atoms with Gasteiger partial charge in [0, 0.05) is 48.5 Å². The van der Waals surface area contributed by atoms with Crippen LogP contribution in [0.4, 0.5) is 26.3 Å². The number of benzene rings is 2. The van der Waals surface area contributed by atoms with E-state index in [9.17, 15) is 35.9 Å². The summed E-state index contributed by atoms with van der Waals surface area (Å²) in [7, 11) is 0. The lowest BCUT2D eigenvalue weighted by atomic mass is 9.92. The molecule has 0 atom stereocenters. The minimum absolute atomic E-state index is 0.0403. The number of ketones is 1. The second-order valence-corrected chi connectivity index (χ2v) is 12.4. The summed E-state index contributed by atoms with van der Waals surface area (Å²) in [5, 5.41) is 8.69. The normalized spacial score (nSPS) is 15.2. The molecule has 2 aromatic carbocycles. The van der Waals surface area contributed by atoms with Crippen LogP contribution in [-0.4, -0.2) is 54.8 Å². The van der Waals surface area contributed by atoms with E-state index < -0.39 is 37.0 Å². The number of carbonyl (C=O) groups excluding carboxylic acids is 2. The number of Topliss-reactive ketones (excluding diaryl/α,β-unsaturated/α-hetero) is 1. The molecule has 2 saturated carbocycles. The van der Waals surface area contributed by atoms with E-state index in [0.29, 0.717) is 30.1 Å². The van der Waals surface area contributed by atoms with E-state index in [4.69, 9.17) is 4.42 Å². The van der Waals surface area contributed by atoms with Crippen LogP contribution in [0.1, 0.15) is 71.1 Å². The molecule has 2 fully saturated rings. The van der Waals surface area contributed by atoms with Gasteiger partial charge in [-0.05, 0) is 61.1 Å². The molecule has 0 aliphatic heterocycles. The van der Waals surface area contributed by atoms with Gasteiger partial charge in [0.2, 0.25) is 0 Å². The average molecular weight is 710 g/mol. The van der Waals surface area contributed by atoms with Gasteiger partial charge >= 0.3 is 12.9 Å². The van der Waals surface area contributed by atoms with E-state index in [0.717, 1.165) is 36.8 Å². The van der Waals surface area contributed by atoms with E-state index in [1.54, 1.807) is 24.3 Å². The quantitative estimate of drug-likeness (QED) is 0.116. The number of nitrogens with one attached hydrogen (secondary N) is 1. The Kier molecular flexibility index (Phi) is 10.2. The average Bonchev–Trinajstić information content (AvgIpc) is 4.04. The van der Waals surface area contributed by atoms with Crippen LogP contribution in [0.5, 0.6) is 0 Å². The fourth-order valence-corrected chi connectivity index (χ4v) is 5.58. The smallest absolute Gasteiger partial charge is 0.315 e. The molecular formula is C35H29F6N7O3. The minimum Gasteiger partial charge on any atom is -0.415 e. The number of nitrogens with zero attached hydrogens (tertiary/aromatic N) is 6. The van der Waals surface area contributed by atoms with E-state index in [-0.39, 0.29) is 33.9 Å². The fourth-order valence-electron chi connectivity index (χ4n) is 5.58. The molecule has 1 N–H and O–H groups in total. The molecule has 264 valence electrons. The van der Waals surface area contributed by atoms with Crippen LogP contribution in [0.25, 0.3) is 11.5 Å². The summed E-state index contributed by atoms with van der Waals surface area (Å²) in [6.07, 6.45) is 4.69. The molecule has 0 spiro atoms. The Balaban J connectivity index is 0.000000176. The Labute approximate surface area is 286 Å². The fraction of sp³-hybridized carbons (Fsp3) is 0.314. The Morgan fingerprint density at radius 1 is 0.706 bits per heavy atom. The Morgan fingerprint density at radius 2 is 1.18 bits per heavy atom. The molecule has 10 nitrogen and oxygen atoms in total. The molecular weight excluding hydrogens is 680 g/mol. The third-order valence-corrected chi connectivity index (χ3v) is 8.84. The number of hydrogen-bond acceptors (Lipinski definition) is 9. The summed E-state index contributed by atoms with van der Waals surface area (Å²) in [6, 6.07) is 12.8. The highest BCUT2D eigenvalue weighted by Crippen LogP contribution is 2.51. The van der Waals surface area contributed by atoms with Gasteiger partial charge in [-0.2, -0.15) is 17.6 Å². The van der Waals surface area contributed by atoms with Crippen molar-refractivity contribution < 1.29 is 40.3 Å². The number of rotatable bonds is 12. The zero-order chi connectivity index (χ0) is 36.2. The monoisotopic (exact) mass is 709 g/mol. The van der Waals surface area contributed by atoms with Gasteiger partial charge < -0.3 is 9.73 Å². The van der Waals surface area contributed by atoms with Crippen LogP contribution in [-0.2, 0) is 28.5 Å². The van der Waals surface area contributed by atoms with Crippen molar-refractivity contribution in [3.63, 3.8) is 0 Å². The standard InChI is InChI=1S/C18H16F3N3O2.C17H13F3N4O/c19-13-3-1-12(2-4-13)18(5-6-18)7-15-22-8-11(9-23-15)14(25)10-24-17(26)16(20)21;18-12-3-1-11(2-4-12)17(5-6-17)7-13-21-8-10(9-22-13)15-23-24-16(25-15)14(19)20/h1-4,8-9,16H,5-7,10H2,(H,24,26);1-4,8-9,14H,5-7H2. The summed E-state index contributed by atoms with van der Waals surface area (Å²) >= 11 is 0. The molecule has 16 heteroatoms. The summed E-state index contributed by atoms with van der Waals surface area (Å²) in [5.41, 5.74) is 2.45. The lowest BCUT2D eigenvalue weighted by Crippen LogP contribution is -2.34. The molecule has 0 bridgehead atoms. The number of carbonyl (C=O) groups is 2. The second kappa shape index (κ2) is 14.7. The lowest BCUT2D eigenvalue weighted by molar-refractivity contribution is -0.131. The largest absolute Gasteiger partial charge is 0.415 e. The molecule has 5 aromatic rings. The maximum Gasteiger partial charge on any atom is 0.315 e. The molecule has 0 saturated heterocycles. The van der Waals surface area contributed by atoms with Gasteiger partial charge in [-0.1, -0.05) is 24.3 Å². The van der Waals surface area contributed by atoms with Crippen LogP contribution < -0.4 is 5.32 Å². The lowest BCUT2D eigenvalue weighted by Gasteiger charge is -2.14. The molecule has 2 aliphatic carbocycles. The molecule has 51 heavy (non-hydrogen) atoms. The van der Waals surface area contributed by atoms with Gasteiger partial charge in [0.05, 0.1) is 17.7 Å². The van der Waals surface area contributed by atoms with Crippen molar-refractivity contribution in [3.05, 3.63) is 119 Å². The van der Waals surface area contributed by atoms with Gasteiger partial charge in [-0.25, -0.2) is 28.7 Å². The van der Waals surface area contributed by atoms with Crippen LogP contribution in [0, 0.1) is 11.6 Å². The first kappa shape index (κ1) is 35.3. The number of halogens is 6. The first-order valence-electron chi connectivity index (χ1n) is 15.8. The van der Waals surface area contributed by atoms with Gasteiger partial charge in [-0.15, -0.1) is 10.2 Å². The number of hydrogen-bond donors (Lipinski definition) is 1. The summed E-state index contributed by atoms with van der Waals surface area (Å²) < 4.78 is 80.2. The summed E-state index contributed by atoms with van der Waals surface area (Å²) in [4.78, 5) is 39.5. The highest BCUT2D eigenvalue weighted by Gasteiger charge is 2.45. The number of amides is 1. The van der Waals surface area contributed by atoms with Gasteiger partial charge in [-0.3, -0.25) is 9.59 Å². The van der Waals surface area contributed by atoms with Crippen molar-refractivity contribution in [1.82, 2.24) is 35.5 Å². The first-order valence-corrected chi connectivity index (χ1v) is 15.8. The van der Waals surface area contributed by atoms with Crippen molar-refractivity contribution in [2.75, 3.05) is 6.54 Å². The number of alkyl halides is 4. The highest BCUT2D eigenvalue weighted by molar-refractivity contribution is 5.99. The van der Waals surface area contributed by atoms with E-state index in [1.165, 1.54) is 49.1 Å². The molecule has 2 aliphatic rings. The van der Waals surface area contributed by atoms with Crippen LogP contribution in [0.15, 0.2) is 77.7 Å². The van der Waals surface area contributed by atoms with E-state index in [1.807, 2.05) is 5.32 Å². The van der Waals surface area contributed by atoms with Crippen molar-refractivity contribution in [1.29, 1.82) is 0 Å². The van der Waals surface area contributed by atoms with Crippen molar-refractivity contribution in [2.24, 2.45) is 0 Å². The maximum atomic E-state index is 13.1. The topological polar surface area (TPSA) is 137 Å². The first-order chi connectivity index (χ1) is 24.4. The third-order valence-electron chi connectivity index (χ3n) is 8.84. The molecule has 0 radical (unpaired) electrons. The molecule has 1 amide bonds. The number of aromatic nitrogens is 6. The summed E-state index contributed by atoms with van der Waals surface area (Å²) in [6.45, 7) is -0.536. The maximum absolute atomic E-state index is 13.1. The molecule has 7 rings (SSSR count). The van der Waals surface area contributed by atoms with Crippen molar-refractivity contribution in [3.8, 4) is 11.5 Å². The molecule has 3 heterocycles. The molecule has 3 aromatic heterocycles. The molecule has 0 unspecified atom stereocenters. The van der Waals surface area contributed by atoms with Crippen molar-refractivity contribution in [2.45, 2.75) is 62.2 Å². The van der Waals surface area contributed by atoms with Crippen LogP contribution in [0.2, 0.25) is 0 Å². The van der Waals surface area contributed by atoms with E-state index in [2.05, 4.69) is 30.1 Å². The zero-order valence-electron chi connectivity index (χ0n) is 26.7. The van der Waals surface area contributed by atoms with Gasteiger partial charge in [0.25, 0.3) is 17.7 Å². The minimum atomic E-state index is -3.16. The van der Waals surface area contributed by atoms with E-state index >= 15 is 0 Å². The van der Waals surface area contributed by atoms with Gasteiger partial charge in [0.1, 0.15) is 23.3 Å². The Morgan fingerprint density at radius 3 is 1.59 bits per heavy atom. The van der Waals surface area contributed by atoms with Gasteiger partial charge in [0.15, 0.2) is 5.78 Å². The third kappa shape index (κ3) is 8.61. The van der Waals surface area contributed by atoms with Crippen LogP contribution >= 0.6 is 0 Å². The highest BCUT2D eigenvalue weighted by atomic mass is 19.3. The Hall–Kier alpha value is -5.54. The summed E-state index contributed by atoms with van der Waals surface area (Å²) in [5.74, 6) is -2.20.